The lowest BCUT2D eigenvalue weighted by atomic mass is 9.79. The maximum absolute atomic E-state index is 13.9. The van der Waals surface area contributed by atoms with E-state index in [1.807, 2.05) is 12.1 Å². The van der Waals surface area contributed by atoms with Gasteiger partial charge in [-0.15, -0.1) is 0 Å². The van der Waals surface area contributed by atoms with Crippen LogP contribution in [0.25, 0.3) is 0 Å². The van der Waals surface area contributed by atoms with Crippen LogP contribution >= 0.6 is 0 Å². The number of hydrogen-bond donors (Lipinski definition) is 1. The van der Waals surface area contributed by atoms with Crippen molar-refractivity contribution in [2.45, 2.75) is 44.1 Å². The van der Waals surface area contributed by atoms with E-state index in [-0.39, 0.29) is 11.8 Å². The van der Waals surface area contributed by atoms with Crippen LogP contribution in [0.4, 0.5) is 0 Å². The van der Waals surface area contributed by atoms with Gasteiger partial charge in [0.05, 0.1) is 40.4 Å². The molecule has 0 saturated carbocycles. The number of amides is 2. The first-order valence-corrected chi connectivity index (χ1v) is 12.6. The number of likely N-dealkylation sites (N-methyl/N-ethyl adjacent to an activating group) is 1. The second kappa shape index (κ2) is 11.6. The third kappa shape index (κ3) is 5.24. The number of fused-ring (bicyclic) bond motifs is 1. The van der Waals surface area contributed by atoms with Gasteiger partial charge in [-0.05, 0) is 67.5 Å². The summed E-state index contributed by atoms with van der Waals surface area (Å²) in [7, 11) is 7.92. The van der Waals surface area contributed by atoms with E-state index in [2.05, 4.69) is 11.4 Å². The Labute approximate surface area is 218 Å². The molecule has 2 atom stereocenters. The van der Waals surface area contributed by atoms with Crippen molar-refractivity contribution < 1.29 is 28.5 Å². The van der Waals surface area contributed by atoms with Crippen molar-refractivity contribution >= 4 is 11.8 Å². The summed E-state index contributed by atoms with van der Waals surface area (Å²) < 4.78 is 21.9. The molecule has 1 aliphatic carbocycles. The van der Waals surface area contributed by atoms with Gasteiger partial charge in [-0.3, -0.25) is 9.59 Å². The molecule has 0 aromatic heterocycles. The number of rotatable bonds is 9. The molecule has 1 aliphatic heterocycles. The first kappa shape index (κ1) is 26.4. The summed E-state index contributed by atoms with van der Waals surface area (Å²) in [5.41, 5.74) is 3.19. The summed E-state index contributed by atoms with van der Waals surface area (Å²) >= 11 is 0. The molecule has 1 N–H and O–H groups in total. The van der Waals surface area contributed by atoms with E-state index < -0.39 is 12.0 Å². The van der Waals surface area contributed by atoms with Gasteiger partial charge in [0, 0.05) is 19.2 Å². The van der Waals surface area contributed by atoms with E-state index in [0.29, 0.717) is 40.7 Å². The van der Waals surface area contributed by atoms with Crippen molar-refractivity contribution in [1.82, 2.24) is 10.2 Å². The zero-order chi connectivity index (χ0) is 26.5. The van der Waals surface area contributed by atoms with Gasteiger partial charge in [-0.1, -0.05) is 17.7 Å². The zero-order valence-corrected chi connectivity index (χ0v) is 22.3. The van der Waals surface area contributed by atoms with Crippen LogP contribution in [-0.2, 0) is 4.79 Å². The lowest BCUT2D eigenvalue weighted by Crippen LogP contribution is -2.45. The van der Waals surface area contributed by atoms with E-state index in [1.165, 1.54) is 25.5 Å². The minimum absolute atomic E-state index is 0.149. The Bertz CT molecular complexity index is 1190. The van der Waals surface area contributed by atoms with Crippen molar-refractivity contribution in [3.8, 4) is 23.0 Å². The average Bonchev–Trinajstić information content (AvgIpc) is 2.94. The van der Waals surface area contributed by atoms with Crippen molar-refractivity contribution in [3.05, 3.63) is 58.7 Å². The number of allylic oxidation sites excluding steroid dienone is 1. The molecule has 0 bridgehead atoms. The minimum atomic E-state index is -0.670. The lowest BCUT2D eigenvalue weighted by Gasteiger charge is -2.40. The third-order valence-electron chi connectivity index (χ3n) is 7.34. The molecule has 2 aromatic carbocycles. The smallest absolute Gasteiger partial charge is 0.254 e. The molecule has 0 fully saturated rings. The van der Waals surface area contributed by atoms with Crippen molar-refractivity contribution in [3.63, 3.8) is 0 Å². The third-order valence-corrected chi connectivity index (χ3v) is 7.34. The summed E-state index contributed by atoms with van der Waals surface area (Å²) in [6, 6.07) is 8.33. The fourth-order valence-corrected chi connectivity index (χ4v) is 5.37. The molecule has 1 heterocycles. The zero-order valence-electron chi connectivity index (χ0n) is 22.3. The van der Waals surface area contributed by atoms with Crippen LogP contribution in [0.1, 0.15) is 65.5 Å². The van der Waals surface area contributed by atoms with Crippen molar-refractivity contribution in [2.75, 3.05) is 42.0 Å². The highest BCUT2D eigenvalue weighted by Crippen LogP contribution is 2.46. The molecular formula is C29H36N2O6. The fraction of sp³-hybridized carbons (Fsp3) is 0.448. The Morgan fingerprint density at radius 2 is 1.62 bits per heavy atom. The molecule has 0 radical (unpaired) electrons. The van der Waals surface area contributed by atoms with E-state index >= 15 is 0 Å². The van der Waals surface area contributed by atoms with Gasteiger partial charge in [0.1, 0.15) is 0 Å². The molecule has 2 amide bonds. The van der Waals surface area contributed by atoms with Crippen LogP contribution in [0, 0.1) is 0 Å². The Kier molecular flexibility index (Phi) is 8.26. The summed E-state index contributed by atoms with van der Waals surface area (Å²) in [6.45, 7) is 0.542. The fourth-order valence-electron chi connectivity index (χ4n) is 5.37. The van der Waals surface area contributed by atoms with Crippen LogP contribution < -0.4 is 24.3 Å². The number of nitrogens with zero attached hydrogens (tertiary/aromatic N) is 1. The number of methoxy groups -OCH3 is 4. The Balaban J connectivity index is 1.76. The van der Waals surface area contributed by atoms with Gasteiger partial charge in [0.15, 0.2) is 23.0 Å². The minimum Gasteiger partial charge on any atom is -0.493 e. The molecule has 0 spiro atoms. The molecule has 37 heavy (non-hydrogen) atoms. The second-order valence-electron chi connectivity index (χ2n) is 9.40. The Morgan fingerprint density at radius 3 is 2.27 bits per heavy atom. The number of nitrogens with one attached hydrogen (secondary N) is 1. The quantitative estimate of drug-likeness (QED) is 0.497. The number of ether oxygens (including phenoxy) is 4. The maximum Gasteiger partial charge on any atom is 0.254 e. The van der Waals surface area contributed by atoms with Crippen molar-refractivity contribution in [1.29, 1.82) is 0 Å². The number of carbonyl (C=O) groups excluding carboxylic acids is 2. The molecular weight excluding hydrogens is 472 g/mol. The number of benzene rings is 2. The largest absolute Gasteiger partial charge is 0.493 e. The summed E-state index contributed by atoms with van der Waals surface area (Å²) in [5, 5.41) is 3.15. The van der Waals surface area contributed by atoms with Gasteiger partial charge in [0.2, 0.25) is 5.91 Å². The first-order chi connectivity index (χ1) is 17.9. The van der Waals surface area contributed by atoms with Crippen LogP contribution in [0.3, 0.4) is 0 Å². The number of carbonyl (C=O) groups is 2. The molecule has 0 unspecified atom stereocenters. The van der Waals surface area contributed by atoms with Gasteiger partial charge in [0.25, 0.3) is 5.91 Å². The molecule has 2 aliphatic rings. The molecule has 8 nitrogen and oxygen atoms in total. The van der Waals surface area contributed by atoms with E-state index in [1.54, 1.807) is 51.5 Å². The first-order valence-electron chi connectivity index (χ1n) is 12.6. The molecule has 8 heteroatoms. The Morgan fingerprint density at radius 1 is 0.946 bits per heavy atom. The van der Waals surface area contributed by atoms with E-state index in [9.17, 15) is 9.59 Å². The predicted molar refractivity (Wildman–Crippen MR) is 141 cm³/mol. The highest BCUT2D eigenvalue weighted by Gasteiger charge is 2.43. The van der Waals surface area contributed by atoms with Gasteiger partial charge < -0.3 is 29.2 Å². The number of hydrogen-bond acceptors (Lipinski definition) is 6. The summed E-state index contributed by atoms with van der Waals surface area (Å²) in [5.74, 6) is 0.991. The van der Waals surface area contributed by atoms with E-state index in [4.69, 9.17) is 18.9 Å². The normalized spacial score (nSPS) is 19.0. The highest BCUT2D eigenvalue weighted by atomic mass is 16.5. The molecule has 198 valence electrons. The van der Waals surface area contributed by atoms with Crippen LogP contribution in [0.2, 0.25) is 0 Å². The molecule has 0 saturated heterocycles. The maximum atomic E-state index is 13.9. The van der Waals surface area contributed by atoms with Gasteiger partial charge in [-0.25, -0.2) is 0 Å². The van der Waals surface area contributed by atoms with Gasteiger partial charge in [-0.2, -0.15) is 0 Å². The topological polar surface area (TPSA) is 86.3 Å². The van der Waals surface area contributed by atoms with Crippen molar-refractivity contribution in [2.24, 2.45) is 0 Å². The Hall–Kier alpha value is -3.68. The summed E-state index contributed by atoms with van der Waals surface area (Å²) in [6.07, 6.45) is 7.74. The van der Waals surface area contributed by atoms with Crippen LogP contribution in [0.15, 0.2) is 42.0 Å². The highest BCUT2D eigenvalue weighted by molar-refractivity contribution is 6.02. The predicted octanol–water partition coefficient (Wildman–Crippen LogP) is 4.64. The molecule has 4 rings (SSSR count). The summed E-state index contributed by atoms with van der Waals surface area (Å²) in [4.78, 5) is 29.1. The standard InChI is InChI=1S/C29H36N2O6/c1-31-27(19-11-12-22(34-2)23(15-19)35-3)26(28(32)30-14-13-18-9-7-6-8-10-18)20-16-24(36-4)25(37-5)17-21(20)29(31)33/h9,11-12,15-17,26-27H,6-8,10,13-14H2,1-5H3,(H,30,32)/t26-,27-/m0/s1. The van der Waals surface area contributed by atoms with Crippen LogP contribution in [-0.4, -0.2) is 58.7 Å². The average molecular weight is 509 g/mol. The molecule has 2 aromatic rings. The second-order valence-corrected chi connectivity index (χ2v) is 9.40. The van der Waals surface area contributed by atoms with Gasteiger partial charge >= 0.3 is 0 Å². The SMILES string of the molecule is COc1ccc([C@H]2[C@@H](C(=O)NCCC3=CCCCC3)c3cc(OC)c(OC)cc3C(=O)N2C)cc1OC. The van der Waals surface area contributed by atoms with Crippen LogP contribution in [0.5, 0.6) is 23.0 Å². The lowest BCUT2D eigenvalue weighted by molar-refractivity contribution is -0.124. The van der Waals surface area contributed by atoms with E-state index in [0.717, 1.165) is 24.8 Å². The monoisotopic (exact) mass is 508 g/mol.